The molecule has 0 bridgehead atoms. The Morgan fingerprint density at radius 1 is 1.10 bits per heavy atom. The predicted octanol–water partition coefficient (Wildman–Crippen LogP) is 4.86. The van der Waals surface area contributed by atoms with Gasteiger partial charge in [0, 0.05) is 9.79 Å². The molecule has 0 radical (unpaired) electrons. The lowest BCUT2D eigenvalue weighted by atomic mass is 10.1. The van der Waals surface area contributed by atoms with Gasteiger partial charge in [0.25, 0.3) is 0 Å². The van der Waals surface area contributed by atoms with Gasteiger partial charge < -0.3 is 5.11 Å². The summed E-state index contributed by atoms with van der Waals surface area (Å²) in [5.41, 5.74) is -0.270. The number of benzene rings is 2. The molecule has 0 aromatic heterocycles. The Hall–Kier alpha value is -1.95. The first-order valence-corrected chi connectivity index (χ1v) is 6.78. The van der Waals surface area contributed by atoms with E-state index >= 15 is 0 Å². The zero-order chi connectivity index (χ0) is 15.6. The number of hydrogen-bond acceptors (Lipinski definition) is 2. The summed E-state index contributed by atoms with van der Waals surface area (Å²) in [5.74, 6) is -1.38. The third kappa shape index (κ3) is 3.78. The molecule has 0 aliphatic rings. The lowest BCUT2D eigenvalue weighted by molar-refractivity contribution is -0.137. The highest BCUT2D eigenvalue weighted by Crippen LogP contribution is 2.35. The number of carboxylic acid groups (broad SMARTS) is 1. The molecule has 2 aromatic carbocycles. The van der Waals surface area contributed by atoms with Crippen LogP contribution in [0.15, 0.2) is 52.3 Å². The predicted molar refractivity (Wildman–Crippen MR) is 73.7 cm³/mol. The summed E-state index contributed by atoms with van der Waals surface area (Å²) in [7, 11) is 0. The fraction of sp³-hybridized carbons (Fsp3) is 0.133. The lowest BCUT2D eigenvalue weighted by Gasteiger charge is -2.11. The highest BCUT2D eigenvalue weighted by atomic mass is 32.2. The minimum absolute atomic E-state index is 0.277. The summed E-state index contributed by atoms with van der Waals surface area (Å²) in [6.07, 6.45) is -4.56. The molecule has 2 nitrogen and oxygen atoms in total. The van der Waals surface area contributed by atoms with E-state index in [-0.39, 0.29) is 10.5 Å². The van der Waals surface area contributed by atoms with Crippen LogP contribution in [0.2, 0.25) is 0 Å². The van der Waals surface area contributed by atoms with Gasteiger partial charge in [-0.3, -0.25) is 0 Å². The van der Waals surface area contributed by atoms with Gasteiger partial charge in [0.2, 0.25) is 0 Å². The van der Waals surface area contributed by atoms with Gasteiger partial charge in [-0.2, -0.15) is 13.2 Å². The highest BCUT2D eigenvalue weighted by molar-refractivity contribution is 7.99. The number of hydrogen-bond donors (Lipinski definition) is 1. The van der Waals surface area contributed by atoms with E-state index in [0.717, 1.165) is 28.3 Å². The molecule has 0 heterocycles. The Bertz CT molecular complexity index is 664. The van der Waals surface area contributed by atoms with Crippen molar-refractivity contribution in [1.29, 1.82) is 0 Å². The average molecular weight is 312 g/mol. The quantitative estimate of drug-likeness (QED) is 0.879. The van der Waals surface area contributed by atoms with Gasteiger partial charge in [-0.25, -0.2) is 4.79 Å². The molecular formula is C15H11F3O2S. The number of carboxylic acids is 1. The standard InChI is InChI=1S/C15H11F3O2S/c1-9-2-5-11(6-3-9)21-13-7-4-10(15(16,17)18)8-12(13)14(19)20/h2-8H,1H3,(H,19,20). The van der Waals surface area contributed by atoms with Crippen molar-refractivity contribution in [2.45, 2.75) is 22.9 Å². The second-order valence-corrected chi connectivity index (χ2v) is 5.54. The molecule has 2 aromatic rings. The minimum Gasteiger partial charge on any atom is -0.478 e. The first kappa shape index (κ1) is 15.4. The van der Waals surface area contributed by atoms with E-state index in [1.54, 1.807) is 12.1 Å². The van der Waals surface area contributed by atoms with Gasteiger partial charge in [0.1, 0.15) is 0 Å². The second-order valence-electron chi connectivity index (χ2n) is 4.43. The number of alkyl halides is 3. The molecule has 0 unspecified atom stereocenters. The van der Waals surface area contributed by atoms with Gasteiger partial charge in [-0.05, 0) is 37.3 Å². The van der Waals surface area contributed by atoms with Gasteiger partial charge in [0.15, 0.2) is 0 Å². The number of rotatable bonds is 3. The number of halogens is 3. The van der Waals surface area contributed by atoms with Crippen molar-refractivity contribution in [3.8, 4) is 0 Å². The molecule has 0 amide bonds. The van der Waals surface area contributed by atoms with Crippen molar-refractivity contribution >= 4 is 17.7 Å². The van der Waals surface area contributed by atoms with E-state index < -0.39 is 17.7 Å². The molecule has 0 spiro atoms. The van der Waals surface area contributed by atoms with Crippen molar-refractivity contribution in [3.05, 3.63) is 59.2 Å². The SMILES string of the molecule is Cc1ccc(Sc2ccc(C(F)(F)F)cc2C(=O)O)cc1. The van der Waals surface area contributed by atoms with Crippen LogP contribution < -0.4 is 0 Å². The molecule has 1 N–H and O–H groups in total. The van der Waals surface area contributed by atoms with Crippen LogP contribution in [-0.4, -0.2) is 11.1 Å². The van der Waals surface area contributed by atoms with Crippen LogP contribution in [0.4, 0.5) is 13.2 Å². The van der Waals surface area contributed by atoms with Crippen LogP contribution in [0.5, 0.6) is 0 Å². The summed E-state index contributed by atoms with van der Waals surface area (Å²) in [6.45, 7) is 1.91. The summed E-state index contributed by atoms with van der Waals surface area (Å²) >= 11 is 1.12. The smallest absolute Gasteiger partial charge is 0.416 e. The van der Waals surface area contributed by atoms with Crippen molar-refractivity contribution in [2.24, 2.45) is 0 Å². The summed E-state index contributed by atoms with van der Waals surface area (Å²) in [6, 6.07) is 10.0. The molecule has 110 valence electrons. The summed E-state index contributed by atoms with van der Waals surface area (Å²) < 4.78 is 37.9. The van der Waals surface area contributed by atoms with E-state index in [0.29, 0.717) is 6.07 Å². The summed E-state index contributed by atoms with van der Waals surface area (Å²) in [4.78, 5) is 12.2. The van der Waals surface area contributed by atoms with E-state index in [9.17, 15) is 18.0 Å². The minimum atomic E-state index is -4.56. The van der Waals surface area contributed by atoms with Crippen molar-refractivity contribution in [3.63, 3.8) is 0 Å². The van der Waals surface area contributed by atoms with Gasteiger partial charge >= 0.3 is 12.1 Å². The topological polar surface area (TPSA) is 37.3 Å². The zero-order valence-corrected chi connectivity index (χ0v) is 11.8. The first-order valence-electron chi connectivity index (χ1n) is 5.96. The Morgan fingerprint density at radius 2 is 1.71 bits per heavy atom. The molecule has 0 aliphatic carbocycles. The molecule has 0 fully saturated rings. The van der Waals surface area contributed by atoms with E-state index in [2.05, 4.69) is 0 Å². The molecule has 6 heteroatoms. The average Bonchev–Trinajstić information content (AvgIpc) is 2.40. The maximum absolute atomic E-state index is 12.6. The van der Waals surface area contributed by atoms with Crippen LogP contribution >= 0.6 is 11.8 Å². The van der Waals surface area contributed by atoms with Crippen LogP contribution in [-0.2, 0) is 6.18 Å². The third-order valence-corrected chi connectivity index (χ3v) is 3.87. The van der Waals surface area contributed by atoms with Gasteiger partial charge in [-0.1, -0.05) is 29.5 Å². The number of carbonyl (C=O) groups is 1. The number of aryl methyl sites for hydroxylation is 1. The van der Waals surface area contributed by atoms with Gasteiger partial charge in [-0.15, -0.1) is 0 Å². The van der Waals surface area contributed by atoms with Crippen LogP contribution in [0.1, 0.15) is 21.5 Å². The Morgan fingerprint density at radius 3 is 2.24 bits per heavy atom. The highest BCUT2D eigenvalue weighted by Gasteiger charge is 2.31. The second kappa shape index (κ2) is 5.81. The van der Waals surface area contributed by atoms with Crippen molar-refractivity contribution in [2.75, 3.05) is 0 Å². The molecule has 0 saturated heterocycles. The lowest BCUT2D eigenvalue weighted by Crippen LogP contribution is -2.08. The van der Waals surface area contributed by atoms with Crippen LogP contribution in [0.3, 0.4) is 0 Å². The maximum atomic E-state index is 12.6. The Balaban J connectivity index is 2.39. The molecular weight excluding hydrogens is 301 g/mol. The van der Waals surface area contributed by atoms with E-state index in [1.807, 2.05) is 19.1 Å². The molecule has 0 saturated carbocycles. The van der Waals surface area contributed by atoms with Crippen LogP contribution in [0.25, 0.3) is 0 Å². The zero-order valence-electron chi connectivity index (χ0n) is 10.9. The van der Waals surface area contributed by atoms with Crippen molar-refractivity contribution in [1.82, 2.24) is 0 Å². The monoisotopic (exact) mass is 312 g/mol. The largest absolute Gasteiger partial charge is 0.478 e. The normalized spacial score (nSPS) is 11.4. The van der Waals surface area contributed by atoms with E-state index in [1.165, 1.54) is 6.07 Å². The first-order chi connectivity index (χ1) is 9.77. The molecule has 0 atom stereocenters. The fourth-order valence-corrected chi connectivity index (χ4v) is 2.61. The fourth-order valence-electron chi connectivity index (χ4n) is 1.70. The van der Waals surface area contributed by atoms with Crippen molar-refractivity contribution < 1.29 is 23.1 Å². The third-order valence-electron chi connectivity index (χ3n) is 2.79. The molecule has 2 rings (SSSR count). The Labute approximate surface area is 123 Å². The van der Waals surface area contributed by atoms with Gasteiger partial charge in [0.05, 0.1) is 11.1 Å². The molecule has 0 aliphatic heterocycles. The molecule has 21 heavy (non-hydrogen) atoms. The number of aromatic carboxylic acids is 1. The van der Waals surface area contributed by atoms with E-state index in [4.69, 9.17) is 5.11 Å². The Kier molecular flexibility index (Phi) is 4.27. The maximum Gasteiger partial charge on any atom is 0.416 e. The summed E-state index contributed by atoms with van der Waals surface area (Å²) in [5, 5.41) is 9.10. The van der Waals surface area contributed by atoms with Crippen LogP contribution in [0, 0.1) is 6.92 Å².